The Bertz CT molecular complexity index is 1710. The molecule has 0 spiro atoms. The monoisotopic (exact) mass is 1080 g/mol. The molecular weight excluding hydrogens is 961 g/mol. The predicted octanol–water partition coefficient (Wildman–Crippen LogP) is 21.9. The molecule has 0 saturated carbocycles. The average Bonchev–Trinajstić information content (AvgIpc) is 3.44. The van der Waals surface area contributed by atoms with Crippen molar-refractivity contribution in [1.82, 2.24) is 0 Å². The maximum absolute atomic E-state index is 12.9. The molecule has 0 heterocycles. The highest BCUT2D eigenvalue weighted by atomic mass is 16.6. The molecule has 0 amide bonds. The smallest absolute Gasteiger partial charge is 0.306 e. The quantitative estimate of drug-likeness (QED) is 0.0261. The van der Waals surface area contributed by atoms with Gasteiger partial charge in [-0.05, 0) is 122 Å². The number of ether oxygens (including phenoxy) is 3. The van der Waals surface area contributed by atoms with Crippen molar-refractivity contribution in [3.05, 3.63) is 146 Å². The third kappa shape index (κ3) is 62.1. The second kappa shape index (κ2) is 64.8. The van der Waals surface area contributed by atoms with Gasteiger partial charge in [0, 0.05) is 19.3 Å². The lowest BCUT2D eigenvalue weighted by Gasteiger charge is -2.18. The summed E-state index contributed by atoms with van der Waals surface area (Å²) in [6.45, 7) is 6.38. The summed E-state index contributed by atoms with van der Waals surface area (Å²) in [5.41, 5.74) is 0. The predicted molar refractivity (Wildman–Crippen MR) is 339 cm³/mol. The SMILES string of the molecule is CC/C=C\C/C=C\C/C=C\C/C=C\C/C=C\C/C=C\C/C=C\C/C=C\CCCCCCC(=O)OCC(COC(=O)CCCCCCCCCCCCCCCC)OC(=O)CCCCCC/C=C\C/C=C\C/C=C\C/C=C\CC. The van der Waals surface area contributed by atoms with Crippen LogP contribution in [0.4, 0.5) is 0 Å². The van der Waals surface area contributed by atoms with Gasteiger partial charge in [0.05, 0.1) is 0 Å². The molecule has 6 nitrogen and oxygen atoms in total. The summed E-state index contributed by atoms with van der Waals surface area (Å²) in [5.74, 6) is -0.949. The first-order valence-corrected chi connectivity index (χ1v) is 31.8. The number of rotatable bonds is 56. The fourth-order valence-electron chi connectivity index (χ4n) is 8.39. The van der Waals surface area contributed by atoms with E-state index in [1.54, 1.807) is 0 Å². The molecule has 0 aliphatic carbocycles. The Hall–Kier alpha value is -4.71. The summed E-state index contributed by atoms with van der Waals surface area (Å²) in [7, 11) is 0. The Morgan fingerprint density at radius 2 is 0.500 bits per heavy atom. The summed E-state index contributed by atoms with van der Waals surface area (Å²) in [4.78, 5) is 38.3. The number of esters is 3. The summed E-state index contributed by atoms with van der Waals surface area (Å²) in [5, 5.41) is 0. The normalized spacial score (nSPS) is 13.1. The third-order valence-electron chi connectivity index (χ3n) is 13.1. The fraction of sp³-hybridized carbons (Fsp3) is 0.625. The van der Waals surface area contributed by atoms with E-state index in [0.29, 0.717) is 19.3 Å². The van der Waals surface area contributed by atoms with Crippen LogP contribution in [0.1, 0.15) is 271 Å². The second-order valence-corrected chi connectivity index (χ2v) is 20.6. The minimum atomic E-state index is -0.807. The largest absolute Gasteiger partial charge is 0.462 e. The van der Waals surface area contributed by atoms with Crippen molar-refractivity contribution in [1.29, 1.82) is 0 Å². The summed E-state index contributed by atoms with van der Waals surface area (Å²) in [6.07, 6.45) is 92.7. The number of allylic oxidation sites excluding steroid dienone is 24. The molecule has 0 rings (SSSR count). The Kier molecular flexibility index (Phi) is 60.9. The van der Waals surface area contributed by atoms with Gasteiger partial charge in [-0.1, -0.05) is 276 Å². The second-order valence-electron chi connectivity index (χ2n) is 20.6. The van der Waals surface area contributed by atoms with Crippen LogP contribution in [0.15, 0.2) is 146 Å². The minimum absolute atomic E-state index is 0.0991. The van der Waals surface area contributed by atoms with Crippen LogP contribution in [0, 0.1) is 0 Å². The van der Waals surface area contributed by atoms with Crippen LogP contribution in [0.5, 0.6) is 0 Å². The zero-order valence-electron chi connectivity index (χ0n) is 50.4. The van der Waals surface area contributed by atoms with E-state index in [-0.39, 0.29) is 31.1 Å². The van der Waals surface area contributed by atoms with Crippen molar-refractivity contribution in [2.45, 2.75) is 277 Å². The summed E-state index contributed by atoms with van der Waals surface area (Å²) >= 11 is 0. The Balaban J connectivity index is 4.43. The van der Waals surface area contributed by atoms with Gasteiger partial charge >= 0.3 is 17.9 Å². The van der Waals surface area contributed by atoms with Crippen LogP contribution in [0.25, 0.3) is 0 Å². The van der Waals surface area contributed by atoms with E-state index in [1.165, 1.54) is 70.6 Å². The summed E-state index contributed by atoms with van der Waals surface area (Å²) < 4.78 is 16.9. The van der Waals surface area contributed by atoms with Gasteiger partial charge in [0.1, 0.15) is 13.2 Å². The molecule has 0 aromatic carbocycles. The molecule has 6 heteroatoms. The van der Waals surface area contributed by atoms with Gasteiger partial charge in [-0.2, -0.15) is 0 Å². The maximum Gasteiger partial charge on any atom is 0.306 e. The highest BCUT2D eigenvalue weighted by Crippen LogP contribution is 2.15. The third-order valence-corrected chi connectivity index (χ3v) is 13.1. The Morgan fingerprint density at radius 3 is 0.782 bits per heavy atom. The zero-order valence-corrected chi connectivity index (χ0v) is 50.4. The van der Waals surface area contributed by atoms with E-state index in [1.807, 2.05) is 0 Å². The first-order chi connectivity index (χ1) is 38.5. The lowest BCUT2D eigenvalue weighted by Crippen LogP contribution is -2.30. The number of hydrogen-bond donors (Lipinski definition) is 0. The maximum atomic E-state index is 12.9. The standard InChI is InChI=1S/C72H116O6/c1-4-7-10-13-16-19-22-25-28-30-31-32-33-34-35-36-37-38-39-40-41-43-44-47-50-53-56-59-62-65-71(74)77-68-69(67-76-70(73)64-61-58-55-52-49-46-27-24-21-18-15-12-9-6-3)78-72(75)66-63-60-57-54-51-48-45-42-29-26-23-20-17-14-11-8-5-2/h7-8,10-11,16-17,19-20,25-26,28-29,31-32,34-35,37-38,40-41,44-45,47-48,69H,4-6,9,12-15,18,21-24,27,30,33,36,39,42-43,46,49-68H2,1-3H3/b10-7-,11-8-,19-16-,20-17-,28-25-,29-26-,32-31-,35-34-,38-37-,41-40-,47-44-,48-45-. The molecule has 0 bridgehead atoms. The Labute approximate surface area is 480 Å². The molecule has 78 heavy (non-hydrogen) atoms. The molecule has 0 radical (unpaired) electrons. The first-order valence-electron chi connectivity index (χ1n) is 31.8. The van der Waals surface area contributed by atoms with Crippen molar-refractivity contribution in [3.63, 3.8) is 0 Å². The topological polar surface area (TPSA) is 78.9 Å². The van der Waals surface area contributed by atoms with Gasteiger partial charge < -0.3 is 14.2 Å². The van der Waals surface area contributed by atoms with E-state index in [4.69, 9.17) is 14.2 Å². The van der Waals surface area contributed by atoms with Crippen LogP contribution in [-0.2, 0) is 28.6 Å². The van der Waals surface area contributed by atoms with Crippen LogP contribution in [-0.4, -0.2) is 37.2 Å². The number of carbonyl (C=O) groups excluding carboxylic acids is 3. The fourth-order valence-corrected chi connectivity index (χ4v) is 8.39. The molecule has 0 aliphatic heterocycles. The van der Waals surface area contributed by atoms with E-state index >= 15 is 0 Å². The molecule has 0 aromatic rings. The van der Waals surface area contributed by atoms with Crippen LogP contribution in [0.2, 0.25) is 0 Å². The van der Waals surface area contributed by atoms with Gasteiger partial charge in [0.25, 0.3) is 0 Å². The van der Waals surface area contributed by atoms with Crippen molar-refractivity contribution in [3.8, 4) is 0 Å². The van der Waals surface area contributed by atoms with Gasteiger partial charge in [0.15, 0.2) is 6.10 Å². The van der Waals surface area contributed by atoms with Crippen LogP contribution >= 0.6 is 0 Å². The van der Waals surface area contributed by atoms with Gasteiger partial charge in [0.2, 0.25) is 0 Å². The highest BCUT2D eigenvalue weighted by Gasteiger charge is 2.19. The molecule has 0 aliphatic rings. The van der Waals surface area contributed by atoms with Crippen molar-refractivity contribution in [2.24, 2.45) is 0 Å². The molecule has 0 fully saturated rings. The molecule has 1 atom stereocenters. The lowest BCUT2D eigenvalue weighted by atomic mass is 10.0. The summed E-state index contributed by atoms with van der Waals surface area (Å²) in [6, 6.07) is 0. The molecule has 0 aromatic heterocycles. The average molecular weight is 1080 g/mol. The molecule has 0 saturated heterocycles. The molecule has 0 N–H and O–H groups in total. The van der Waals surface area contributed by atoms with Crippen molar-refractivity contribution < 1.29 is 28.6 Å². The van der Waals surface area contributed by atoms with E-state index in [2.05, 4.69) is 167 Å². The van der Waals surface area contributed by atoms with Crippen molar-refractivity contribution in [2.75, 3.05) is 13.2 Å². The molecular formula is C72H116O6. The number of unbranched alkanes of at least 4 members (excludes halogenated alkanes) is 21. The van der Waals surface area contributed by atoms with Gasteiger partial charge in [-0.3, -0.25) is 14.4 Å². The van der Waals surface area contributed by atoms with Crippen LogP contribution < -0.4 is 0 Å². The molecule has 1 unspecified atom stereocenters. The van der Waals surface area contributed by atoms with Crippen LogP contribution in [0.3, 0.4) is 0 Å². The van der Waals surface area contributed by atoms with Gasteiger partial charge in [-0.25, -0.2) is 0 Å². The van der Waals surface area contributed by atoms with E-state index < -0.39 is 6.10 Å². The van der Waals surface area contributed by atoms with Gasteiger partial charge in [-0.15, -0.1) is 0 Å². The van der Waals surface area contributed by atoms with E-state index in [0.717, 1.165) is 161 Å². The zero-order chi connectivity index (χ0) is 56.4. The minimum Gasteiger partial charge on any atom is -0.462 e. The van der Waals surface area contributed by atoms with Crippen molar-refractivity contribution >= 4 is 17.9 Å². The lowest BCUT2D eigenvalue weighted by molar-refractivity contribution is -0.167. The Morgan fingerprint density at radius 1 is 0.269 bits per heavy atom. The van der Waals surface area contributed by atoms with E-state index in [9.17, 15) is 14.4 Å². The number of hydrogen-bond acceptors (Lipinski definition) is 6. The first kappa shape index (κ1) is 73.3. The molecule has 440 valence electrons. The number of carbonyl (C=O) groups is 3. The highest BCUT2D eigenvalue weighted by molar-refractivity contribution is 5.71.